The van der Waals surface area contributed by atoms with E-state index >= 15 is 0 Å². The lowest BCUT2D eigenvalue weighted by Crippen LogP contribution is -2.22. The van der Waals surface area contributed by atoms with Gasteiger partial charge in [0.25, 0.3) is 0 Å². The topological polar surface area (TPSA) is 73.8 Å². The van der Waals surface area contributed by atoms with Crippen molar-refractivity contribution in [2.75, 3.05) is 12.5 Å². The molecule has 2 aromatic carbocycles. The number of benzene rings is 2. The highest BCUT2D eigenvalue weighted by atomic mass is 35.5. The predicted molar refractivity (Wildman–Crippen MR) is 80.0 cm³/mol. The van der Waals surface area contributed by atoms with Crippen LogP contribution in [0.15, 0.2) is 41.5 Å². The minimum atomic E-state index is -1.32. The lowest BCUT2D eigenvalue weighted by Gasteiger charge is -2.07. The van der Waals surface area contributed by atoms with Crippen LogP contribution in [0.1, 0.15) is 15.9 Å². The molecule has 0 bridgehead atoms. The number of rotatable bonds is 5. The molecule has 0 amide bonds. The quantitative estimate of drug-likeness (QED) is 0.677. The Morgan fingerprint density at radius 1 is 1.36 bits per heavy atom. The van der Waals surface area contributed by atoms with Crippen molar-refractivity contribution in [1.82, 2.24) is 0 Å². The molecule has 0 spiro atoms. The van der Waals surface area contributed by atoms with E-state index in [4.69, 9.17) is 16.3 Å². The Bertz CT molecular complexity index is 735. The summed E-state index contributed by atoms with van der Waals surface area (Å²) in [6.45, 7) is 0. The molecule has 0 aliphatic rings. The van der Waals surface area contributed by atoms with Gasteiger partial charge in [-0.05, 0) is 41.5 Å². The van der Waals surface area contributed by atoms with Crippen LogP contribution < -0.4 is 15.3 Å². The Morgan fingerprint density at radius 2 is 2.14 bits per heavy atom. The summed E-state index contributed by atoms with van der Waals surface area (Å²) >= 11 is 5.92. The molecular formula is C15H11ClFN2O3-. The number of aromatic carboxylic acids is 1. The summed E-state index contributed by atoms with van der Waals surface area (Å²) in [5.74, 6) is -1.70. The monoisotopic (exact) mass is 321 g/mol. The minimum Gasteiger partial charge on any atom is -0.545 e. The van der Waals surface area contributed by atoms with Crippen LogP contribution in [0.2, 0.25) is 5.02 Å². The molecule has 0 aromatic heterocycles. The van der Waals surface area contributed by atoms with E-state index in [-0.39, 0.29) is 11.3 Å². The van der Waals surface area contributed by atoms with E-state index in [1.54, 1.807) is 6.07 Å². The van der Waals surface area contributed by atoms with Crippen LogP contribution in [0.25, 0.3) is 0 Å². The molecule has 0 aliphatic carbocycles. The first-order chi connectivity index (χ1) is 10.5. The van der Waals surface area contributed by atoms with E-state index < -0.39 is 11.8 Å². The molecule has 0 radical (unpaired) electrons. The van der Waals surface area contributed by atoms with Gasteiger partial charge in [0.1, 0.15) is 0 Å². The number of hydrazone groups is 1. The van der Waals surface area contributed by atoms with Crippen LogP contribution in [0.5, 0.6) is 5.75 Å². The Kier molecular flexibility index (Phi) is 4.95. The number of nitrogens with zero attached hydrogens (tertiary/aromatic N) is 1. The molecule has 0 aliphatic heterocycles. The van der Waals surface area contributed by atoms with Gasteiger partial charge < -0.3 is 14.6 Å². The maximum Gasteiger partial charge on any atom is 0.165 e. The second kappa shape index (κ2) is 6.91. The van der Waals surface area contributed by atoms with Gasteiger partial charge in [0.15, 0.2) is 11.6 Å². The fourth-order valence-electron chi connectivity index (χ4n) is 1.68. The molecule has 114 valence electrons. The lowest BCUT2D eigenvalue weighted by atomic mass is 10.2. The van der Waals surface area contributed by atoms with Crippen molar-refractivity contribution >= 4 is 29.5 Å². The van der Waals surface area contributed by atoms with Crippen molar-refractivity contribution in [3.63, 3.8) is 0 Å². The summed E-state index contributed by atoms with van der Waals surface area (Å²) in [7, 11) is 1.38. The third-order valence-corrected chi connectivity index (χ3v) is 3.11. The number of halogens is 2. The van der Waals surface area contributed by atoms with Gasteiger partial charge in [-0.1, -0.05) is 17.7 Å². The summed E-state index contributed by atoms with van der Waals surface area (Å²) in [6, 6.07) is 8.38. The highest BCUT2D eigenvalue weighted by Crippen LogP contribution is 2.23. The number of hydrogen-bond acceptors (Lipinski definition) is 5. The van der Waals surface area contributed by atoms with Gasteiger partial charge in [-0.25, -0.2) is 4.39 Å². The Balaban J connectivity index is 2.14. The first-order valence-electron chi connectivity index (χ1n) is 6.15. The van der Waals surface area contributed by atoms with E-state index in [9.17, 15) is 14.3 Å². The molecule has 5 nitrogen and oxygen atoms in total. The first kappa shape index (κ1) is 15.8. The molecule has 0 heterocycles. The van der Waals surface area contributed by atoms with Crippen LogP contribution in [-0.4, -0.2) is 19.3 Å². The maximum atomic E-state index is 13.5. The number of carbonyl (C=O) groups is 1. The lowest BCUT2D eigenvalue weighted by molar-refractivity contribution is -0.255. The van der Waals surface area contributed by atoms with Crippen LogP contribution in [0.4, 0.5) is 10.1 Å². The number of ether oxygens (including phenoxy) is 1. The SMILES string of the molecule is COc1ccc(/C=N\Nc2cc(C(=O)[O-])ccc2Cl)cc1F. The van der Waals surface area contributed by atoms with Crippen molar-refractivity contribution in [1.29, 1.82) is 0 Å². The zero-order chi connectivity index (χ0) is 16.1. The van der Waals surface area contributed by atoms with Crippen LogP contribution >= 0.6 is 11.6 Å². The van der Waals surface area contributed by atoms with Crippen molar-refractivity contribution in [2.45, 2.75) is 0 Å². The number of carboxylic acid groups (broad SMARTS) is 1. The predicted octanol–water partition coefficient (Wildman–Crippen LogP) is 2.30. The zero-order valence-electron chi connectivity index (χ0n) is 11.5. The Morgan fingerprint density at radius 3 is 2.77 bits per heavy atom. The molecule has 0 fully saturated rings. The van der Waals surface area contributed by atoms with Crippen LogP contribution in [0.3, 0.4) is 0 Å². The van der Waals surface area contributed by atoms with E-state index in [2.05, 4.69) is 10.5 Å². The van der Waals surface area contributed by atoms with E-state index in [0.717, 1.165) is 0 Å². The van der Waals surface area contributed by atoms with Gasteiger partial charge in [-0.3, -0.25) is 5.43 Å². The fraction of sp³-hybridized carbons (Fsp3) is 0.0667. The average Bonchev–Trinajstić information content (AvgIpc) is 2.49. The fourth-order valence-corrected chi connectivity index (χ4v) is 1.84. The Labute approximate surface area is 131 Å². The Hall–Kier alpha value is -2.60. The van der Waals surface area contributed by atoms with Crippen LogP contribution in [0, 0.1) is 5.82 Å². The number of nitrogens with one attached hydrogen (secondary N) is 1. The molecule has 0 saturated carbocycles. The number of hydrogen-bond donors (Lipinski definition) is 1. The second-order valence-electron chi connectivity index (χ2n) is 4.25. The third-order valence-electron chi connectivity index (χ3n) is 2.78. The normalized spacial score (nSPS) is 10.7. The number of anilines is 1. The molecule has 2 aromatic rings. The zero-order valence-corrected chi connectivity index (χ0v) is 12.2. The molecule has 2 rings (SSSR count). The first-order valence-corrected chi connectivity index (χ1v) is 6.52. The summed E-state index contributed by atoms with van der Waals surface area (Å²) in [5.41, 5.74) is 3.37. The third kappa shape index (κ3) is 3.73. The van der Waals surface area contributed by atoms with Gasteiger partial charge in [0.2, 0.25) is 0 Å². The smallest absolute Gasteiger partial charge is 0.165 e. The number of methoxy groups -OCH3 is 1. The van der Waals surface area contributed by atoms with E-state index in [1.165, 1.54) is 43.7 Å². The molecule has 1 N–H and O–H groups in total. The number of carbonyl (C=O) groups excluding carboxylic acids is 1. The molecular weight excluding hydrogens is 311 g/mol. The number of carboxylic acids is 1. The minimum absolute atomic E-state index is 0.0300. The standard InChI is InChI=1S/C15H12ClFN2O3/c1-22-14-5-2-9(6-12(14)17)8-18-19-13-7-10(15(20)21)3-4-11(13)16/h2-8,19H,1H3,(H,20,21)/p-1/b18-8-. The maximum absolute atomic E-state index is 13.5. The van der Waals surface area contributed by atoms with Gasteiger partial charge in [-0.15, -0.1) is 0 Å². The van der Waals surface area contributed by atoms with Gasteiger partial charge in [0.05, 0.1) is 30.0 Å². The molecule has 22 heavy (non-hydrogen) atoms. The largest absolute Gasteiger partial charge is 0.545 e. The summed E-state index contributed by atoms with van der Waals surface area (Å²) in [6.07, 6.45) is 1.37. The highest BCUT2D eigenvalue weighted by Gasteiger charge is 2.03. The summed E-state index contributed by atoms with van der Waals surface area (Å²) < 4.78 is 18.3. The molecule has 0 unspecified atom stereocenters. The van der Waals surface area contributed by atoms with Gasteiger partial charge in [0, 0.05) is 0 Å². The highest BCUT2D eigenvalue weighted by molar-refractivity contribution is 6.33. The van der Waals surface area contributed by atoms with Crippen molar-refractivity contribution in [2.24, 2.45) is 5.10 Å². The average molecular weight is 322 g/mol. The molecule has 0 atom stereocenters. The molecule has 7 heteroatoms. The van der Waals surface area contributed by atoms with Gasteiger partial charge >= 0.3 is 0 Å². The van der Waals surface area contributed by atoms with Crippen LogP contribution in [-0.2, 0) is 0 Å². The van der Waals surface area contributed by atoms with E-state index in [0.29, 0.717) is 16.3 Å². The van der Waals surface area contributed by atoms with Gasteiger partial charge in [-0.2, -0.15) is 5.10 Å². The summed E-state index contributed by atoms with van der Waals surface area (Å²) in [5, 5.41) is 15.0. The van der Waals surface area contributed by atoms with Crippen molar-refractivity contribution in [3.8, 4) is 5.75 Å². The van der Waals surface area contributed by atoms with Crippen molar-refractivity contribution in [3.05, 3.63) is 58.4 Å². The van der Waals surface area contributed by atoms with E-state index in [1.807, 2.05) is 0 Å². The van der Waals surface area contributed by atoms with Crippen molar-refractivity contribution < 1.29 is 19.0 Å². The summed E-state index contributed by atoms with van der Waals surface area (Å²) in [4.78, 5) is 10.8. The second-order valence-corrected chi connectivity index (χ2v) is 4.65. The molecule has 0 saturated heterocycles.